The zero-order valence-electron chi connectivity index (χ0n) is 11.8. The first-order chi connectivity index (χ1) is 9.70. The second-order valence-electron chi connectivity index (χ2n) is 4.58. The lowest BCUT2D eigenvalue weighted by Crippen LogP contribution is -2.38. The number of aromatic nitrogens is 3. The maximum absolute atomic E-state index is 5.84. The Morgan fingerprint density at radius 3 is 2.85 bits per heavy atom. The van der Waals surface area contributed by atoms with Crippen molar-refractivity contribution < 1.29 is 0 Å². The van der Waals surface area contributed by atoms with E-state index in [9.17, 15) is 0 Å². The minimum absolute atomic E-state index is 0.311. The standard InChI is InChI=1S/C14H20N6/c1-3-11(2)19-14(15)16-9-13-17-10-18-20(13)12-7-5-4-6-8-12/h4-8,10-11H,3,9H2,1-2H3,(H3,15,16,19). The zero-order valence-corrected chi connectivity index (χ0v) is 11.8. The Morgan fingerprint density at radius 1 is 1.40 bits per heavy atom. The lowest BCUT2D eigenvalue weighted by Gasteiger charge is -2.11. The number of nitrogens with one attached hydrogen (secondary N) is 1. The summed E-state index contributed by atoms with van der Waals surface area (Å²) in [7, 11) is 0. The fourth-order valence-electron chi connectivity index (χ4n) is 1.71. The lowest BCUT2D eigenvalue weighted by atomic mass is 10.3. The molecule has 0 aliphatic rings. The molecule has 106 valence electrons. The molecule has 0 bridgehead atoms. The topological polar surface area (TPSA) is 81.1 Å². The highest BCUT2D eigenvalue weighted by Crippen LogP contribution is 2.08. The van der Waals surface area contributed by atoms with Crippen LogP contribution in [-0.2, 0) is 6.54 Å². The molecule has 1 unspecified atom stereocenters. The Balaban J connectivity index is 2.08. The van der Waals surface area contributed by atoms with Crippen LogP contribution in [0.4, 0.5) is 0 Å². The minimum Gasteiger partial charge on any atom is -0.370 e. The third kappa shape index (κ3) is 3.57. The summed E-state index contributed by atoms with van der Waals surface area (Å²) in [4.78, 5) is 8.53. The van der Waals surface area contributed by atoms with E-state index in [0.29, 0.717) is 18.5 Å². The second-order valence-corrected chi connectivity index (χ2v) is 4.58. The first kappa shape index (κ1) is 14.0. The number of nitrogens with two attached hydrogens (primary N) is 1. The van der Waals surface area contributed by atoms with Crippen LogP contribution in [0.5, 0.6) is 0 Å². The third-order valence-electron chi connectivity index (χ3n) is 3.02. The summed E-state index contributed by atoms with van der Waals surface area (Å²) in [6.45, 7) is 4.55. The van der Waals surface area contributed by atoms with Gasteiger partial charge in [0.1, 0.15) is 12.9 Å². The molecule has 1 atom stereocenters. The van der Waals surface area contributed by atoms with Crippen molar-refractivity contribution in [3.05, 3.63) is 42.5 Å². The second kappa shape index (κ2) is 6.70. The van der Waals surface area contributed by atoms with Gasteiger partial charge < -0.3 is 11.1 Å². The minimum atomic E-state index is 0.311. The summed E-state index contributed by atoms with van der Waals surface area (Å²) in [5, 5.41) is 7.34. The number of nitrogens with zero attached hydrogens (tertiary/aromatic N) is 4. The van der Waals surface area contributed by atoms with E-state index < -0.39 is 0 Å². The first-order valence-corrected chi connectivity index (χ1v) is 6.71. The van der Waals surface area contributed by atoms with E-state index in [2.05, 4.69) is 34.2 Å². The number of hydrogen-bond donors (Lipinski definition) is 2. The number of guanidine groups is 1. The number of para-hydroxylation sites is 1. The number of hydrogen-bond acceptors (Lipinski definition) is 3. The van der Waals surface area contributed by atoms with Crippen molar-refractivity contribution in [1.29, 1.82) is 0 Å². The fraction of sp³-hybridized carbons (Fsp3) is 0.357. The van der Waals surface area contributed by atoms with Gasteiger partial charge in [-0.25, -0.2) is 14.7 Å². The van der Waals surface area contributed by atoms with Crippen LogP contribution < -0.4 is 11.1 Å². The Kier molecular flexibility index (Phi) is 4.70. The molecule has 3 N–H and O–H groups in total. The number of aliphatic imine (C=N–C) groups is 1. The maximum atomic E-state index is 5.84. The van der Waals surface area contributed by atoms with Crippen LogP contribution in [0.2, 0.25) is 0 Å². The van der Waals surface area contributed by atoms with Gasteiger partial charge in [0.25, 0.3) is 0 Å². The van der Waals surface area contributed by atoms with Gasteiger partial charge in [-0.05, 0) is 25.5 Å². The molecule has 0 saturated heterocycles. The van der Waals surface area contributed by atoms with Crippen LogP contribution >= 0.6 is 0 Å². The molecule has 0 fully saturated rings. The number of rotatable bonds is 5. The molecule has 1 heterocycles. The van der Waals surface area contributed by atoms with Crippen molar-refractivity contribution in [2.24, 2.45) is 10.7 Å². The van der Waals surface area contributed by atoms with Crippen molar-refractivity contribution >= 4 is 5.96 Å². The molecule has 1 aromatic carbocycles. The molecule has 2 aromatic rings. The summed E-state index contributed by atoms with van der Waals surface area (Å²) in [6, 6.07) is 10.1. The van der Waals surface area contributed by atoms with Gasteiger partial charge in [-0.2, -0.15) is 5.10 Å². The Bertz CT molecular complexity index is 560. The van der Waals surface area contributed by atoms with Gasteiger partial charge in [-0.1, -0.05) is 25.1 Å². The van der Waals surface area contributed by atoms with Gasteiger partial charge >= 0.3 is 0 Å². The van der Waals surface area contributed by atoms with Gasteiger partial charge in [0.2, 0.25) is 0 Å². The van der Waals surface area contributed by atoms with Crippen LogP contribution in [0, 0.1) is 0 Å². The van der Waals surface area contributed by atoms with Crippen molar-refractivity contribution in [2.75, 3.05) is 0 Å². The summed E-state index contributed by atoms with van der Waals surface area (Å²) in [6.07, 6.45) is 2.52. The molecule has 0 aliphatic heterocycles. The van der Waals surface area contributed by atoms with Crippen LogP contribution in [-0.4, -0.2) is 26.8 Å². The molecular formula is C14H20N6. The summed E-state index contributed by atoms with van der Waals surface area (Å²) < 4.78 is 1.76. The normalized spacial score (nSPS) is 13.2. The monoisotopic (exact) mass is 272 g/mol. The van der Waals surface area contributed by atoms with E-state index in [0.717, 1.165) is 17.9 Å². The van der Waals surface area contributed by atoms with Crippen LogP contribution in [0.15, 0.2) is 41.7 Å². The Hall–Kier alpha value is -2.37. The highest BCUT2D eigenvalue weighted by molar-refractivity contribution is 5.78. The van der Waals surface area contributed by atoms with E-state index >= 15 is 0 Å². The van der Waals surface area contributed by atoms with E-state index in [1.54, 1.807) is 4.68 Å². The van der Waals surface area contributed by atoms with Gasteiger partial charge in [0, 0.05) is 6.04 Å². The maximum Gasteiger partial charge on any atom is 0.189 e. The lowest BCUT2D eigenvalue weighted by molar-refractivity contribution is 0.635. The highest BCUT2D eigenvalue weighted by Gasteiger charge is 2.06. The molecule has 1 aromatic heterocycles. The molecule has 0 saturated carbocycles. The van der Waals surface area contributed by atoms with Crippen molar-refractivity contribution in [3.63, 3.8) is 0 Å². The molecule has 6 heteroatoms. The average Bonchev–Trinajstić information content (AvgIpc) is 2.94. The first-order valence-electron chi connectivity index (χ1n) is 6.71. The molecule has 0 amide bonds. The largest absolute Gasteiger partial charge is 0.370 e. The summed E-state index contributed by atoms with van der Waals surface area (Å²) in [5.41, 5.74) is 6.80. The van der Waals surface area contributed by atoms with Crippen LogP contribution in [0.3, 0.4) is 0 Å². The molecule has 2 rings (SSSR count). The predicted octanol–water partition coefficient (Wildman–Crippen LogP) is 1.47. The van der Waals surface area contributed by atoms with Crippen molar-refractivity contribution in [2.45, 2.75) is 32.9 Å². The molecule has 0 aliphatic carbocycles. The SMILES string of the molecule is CCC(C)NC(N)=NCc1ncnn1-c1ccccc1. The van der Waals surface area contributed by atoms with Crippen molar-refractivity contribution in [1.82, 2.24) is 20.1 Å². The van der Waals surface area contributed by atoms with Gasteiger partial charge in [-0.15, -0.1) is 0 Å². The molecule has 0 radical (unpaired) electrons. The Morgan fingerprint density at radius 2 is 2.15 bits per heavy atom. The van der Waals surface area contributed by atoms with E-state index in [-0.39, 0.29) is 0 Å². The molecule has 0 spiro atoms. The third-order valence-corrected chi connectivity index (χ3v) is 3.02. The Labute approximate surface area is 118 Å². The van der Waals surface area contributed by atoms with Gasteiger partial charge in [0.05, 0.1) is 5.69 Å². The summed E-state index contributed by atoms with van der Waals surface area (Å²) >= 11 is 0. The summed E-state index contributed by atoms with van der Waals surface area (Å²) in [5.74, 6) is 1.19. The quantitative estimate of drug-likeness (QED) is 0.638. The van der Waals surface area contributed by atoms with Gasteiger partial charge in [0.15, 0.2) is 11.8 Å². The van der Waals surface area contributed by atoms with E-state index in [1.807, 2.05) is 30.3 Å². The molecule has 20 heavy (non-hydrogen) atoms. The van der Waals surface area contributed by atoms with Gasteiger partial charge in [-0.3, -0.25) is 0 Å². The van der Waals surface area contributed by atoms with E-state index in [4.69, 9.17) is 5.73 Å². The van der Waals surface area contributed by atoms with Crippen LogP contribution in [0.1, 0.15) is 26.1 Å². The number of benzene rings is 1. The zero-order chi connectivity index (χ0) is 14.4. The fourth-order valence-corrected chi connectivity index (χ4v) is 1.71. The highest BCUT2D eigenvalue weighted by atomic mass is 15.3. The van der Waals surface area contributed by atoms with Crippen LogP contribution in [0.25, 0.3) is 5.69 Å². The predicted molar refractivity (Wildman–Crippen MR) is 79.6 cm³/mol. The average molecular weight is 272 g/mol. The molecule has 6 nitrogen and oxygen atoms in total. The van der Waals surface area contributed by atoms with E-state index in [1.165, 1.54) is 6.33 Å². The van der Waals surface area contributed by atoms with Crippen molar-refractivity contribution in [3.8, 4) is 5.69 Å². The smallest absolute Gasteiger partial charge is 0.189 e. The molecular weight excluding hydrogens is 252 g/mol.